The zero-order valence-electron chi connectivity index (χ0n) is 9.30. The van der Waals surface area contributed by atoms with E-state index in [0.717, 1.165) is 16.7 Å². The van der Waals surface area contributed by atoms with Gasteiger partial charge in [0.25, 0.3) is 0 Å². The molecule has 1 aromatic carbocycles. The number of benzene rings is 1. The van der Waals surface area contributed by atoms with E-state index in [1.807, 2.05) is 12.1 Å². The first-order valence-electron chi connectivity index (χ1n) is 5.61. The summed E-state index contributed by atoms with van der Waals surface area (Å²) in [5.74, 6) is 0.710. The van der Waals surface area contributed by atoms with Crippen LogP contribution in [-0.2, 0) is 4.79 Å². The van der Waals surface area contributed by atoms with Gasteiger partial charge >= 0.3 is 0 Å². The number of halogens is 2. The Hall–Kier alpha value is -0.740. The Morgan fingerprint density at radius 2 is 2.24 bits per heavy atom. The van der Waals surface area contributed by atoms with Crippen LogP contribution in [0.2, 0.25) is 5.02 Å². The van der Waals surface area contributed by atoms with Gasteiger partial charge in [-0.3, -0.25) is 4.79 Å². The minimum Gasteiger partial charge on any atom is -0.375 e. The standard InChI is InChI=1S/C12H14BrClN2O/c13-9-3-4-10(14)11(5-9)15-7-12(17)16-6-8-1-2-8/h3-5,8,15H,1-2,6-7H2,(H,16,17). The molecule has 2 N–H and O–H groups in total. The molecule has 0 bridgehead atoms. The molecule has 1 fully saturated rings. The van der Waals surface area contributed by atoms with E-state index in [1.165, 1.54) is 12.8 Å². The summed E-state index contributed by atoms with van der Waals surface area (Å²) in [5.41, 5.74) is 0.766. The fourth-order valence-corrected chi connectivity index (χ4v) is 2.00. The van der Waals surface area contributed by atoms with E-state index in [2.05, 4.69) is 26.6 Å². The van der Waals surface area contributed by atoms with Crippen molar-refractivity contribution in [2.75, 3.05) is 18.4 Å². The minimum absolute atomic E-state index is 0.00735. The Morgan fingerprint density at radius 3 is 2.94 bits per heavy atom. The molecule has 1 aromatic rings. The number of amides is 1. The van der Waals surface area contributed by atoms with Gasteiger partial charge in [0.2, 0.25) is 5.91 Å². The van der Waals surface area contributed by atoms with Crippen molar-refractivity contribution in [3.8, 4) is 0 Å². The van der Waals surface area contributed by atoms with Crippen LogP contribution in [0.1, 0.15) is 12.8 Å². The van der Waals surface area contributed by atoms with Crippen molar-refractivity contribution in [3.05, 3.63) is 27.7 Å². The second-order valence-electron chi connectivity index (χ2n) is 4.23. The fourth-order valence-electron chi connectivity index (χ4n) is 1.45. The monoisotopic (exact) mass is 316 g/mol. The molecular weight excluding hydrogens is 304 g/mol. The van der Waals surface area contributed by atoms with Gasteiger partial charge in [0.1, 0.15) is 0 Å². The molecule has 2 rings (SSSR count). The number of carbonyl (C=O) groups is 1. The van der Waals surface area contributed by atoms with Gasteiger partial charge in [-0.15, -0.1) is 0 Å². The number of carbonyl (C=O) groups excluding carboxylic acids is 1. The van der Waals surface area contributed by atoms with Crippen LogP contribution in [0.15, 0.2) is 22.7 Å². The molecular formula is C12H14BrClN2O. The molecule has 92 valence electrons. The molecule has 0 spiro atoms. The van der Waals surface area contributed by atoms with Crippen molar-refractivity contribution in [2.45, 2.75) is 12.8 Å². The number of nitrogens with one attached hydrogen (secondary N) is 2. The molecule has 0 atom stereocenters. The van der Waals surface area contributed by atoms with E-state index in [1.54, 1.807) is 6.07 Å². The van der Waals surface area contributed by atoms with Crippen molar-refractivity contribution in [3.63, 3.8) is 0 Å². The molecule has 1 aliphatic rings. The molecule has 0 unspecified atom stereocenters. The smallest absolute Gasteiger partial charge is 0.239 e. The molecule has 1 saturated carbocycles. The topological polar surface area (TPSA) is 41.1 Å². The molecule has 1 amide bonds. The Balaban J connectivity index is 1.79. The van der Waals surface area contributed by atoms with E-state index in [-0.39, 0.29) is 12.5 Å². The van der Waals surface area contributed by atoms with E-state index in [9.17, 15) is 4.79 Å². The lowest BCUT2D eigenvalue weighted by molar-refractivity contribution is -0.119. The normalized spacial score (nSPS) is 14.5. The number of anilines is 1. The maximum Gasteiger partial charge on any atom is 0.239 e. The van der Waals surface area contributed by atoms with Crippen LogP contribution in [0, 0.1) is 5.92 Å². The molecule has 0 aromatic heterocycles. The highest BCUT2D eigenvalue weighted by molar-refractivity contribution is 9.10. The Kier molecular flexibility index (Phi) is 4.29. The number of hydrogen-bond acceptors (Lipinski definition) is 2. The lowest BCUT2D eigenvalue weighted by Crippen LogP contribution is -2.31. The highest BCUT2D eigenvalue weighted by Crippen LogP contribution is 2.27. The molecule has 0 heterocycles. The van der Waals surface area contributed by atoms with Crippen molar-refractivity contribution in [1.29, 1.82) is 0 Å². The average molecular weight is 318 g/mol. The first kappa shape index (κ1) is 12.7. The van der Waals surface area contributed by atoms with Gasteiger partial charge in [-0.05, 0) is 37.0 Å². The van der Waals surface area contributed by atoms with Gasteiger partial charge in [0.15, 0.2) is 0 Å². The SMILES string of the molecule is O=C(CNc1cc(Br)ccc1Cl)NCC1CC1. The summed E-state index contributed by atoms with van der Waals surface area (Å²) in [7, 11) is 0. The van der Waals surface area contributed by atoms with E-state index >= 15 is 0 Å². The van der Waals surface area contributed by atoms with E-state index < -0.39 is 0 Å². The summed E-state index contributed by atoms with van der Waals surface area (Å²) in [6.45, 7) is 1.05. The zero-order chi connectivity index (χ0) is 12.3. The van der Waals surface area contributed by atoms with E-state index in [0.29, 0.717) is 10.9 Å². The van der Waals surface area contributed by atoms with Crippen LogP contribution in [0.25, 0.3) is 0 Å². The van der Waals surface area contributed by atoms with Crippen molar-refractivity contribution in [2.24, 2.45) is 5.92 Å². The molecule has 0 aliphatic heterocycles. The average Bonchev–Trinajstić information content (AvgIpc) is 3.11. The first-order valence-corrected chi connectivity index (χ1v) is 6.78. The third-order valence-corrected chi connectivity index (χ3v) is 3.48. The Bertz CT molecular complexity index is 421. The minimum atomic E-state index is 0.00735. The van der Waals surface area contributed by atoms with Gasteiger partial charge in [-0.1, -0.05) is 27.5 Å². The Morgan fingerprint density at radius 1 is 1.47 bits per heavy atom. The Labute approximate surface area is 114 Å². The second kappa shape index (κ2) is 5.74. The molecule has 1 aliphatic carbocycles. The lowest BCUT2D eigenvalue weighted by Gasteiger charge is -2.09. The summed E-state index contributed by atoms with van der Waals surface area (Å²) in [4.78, 5) is 11.5. The molecule has 0 radical (unpaired) electrons. The number of hydrogen-bond donors (Lipinski definition) is 2. The number of rotatable bonds is 5. The fraction of sp³-hybridized carbons (Fsp3) is 0.417. The predicted octanol–water partition coefficient (Wildman–Crippen LogP) is 3.04. The van der Waals surface area contributed by atoms with Crippen LogP contribution < -0.4 is 10.6 Å². The summed E-state index contributed by atoms with van der Waals surface area (Å²) >= 11 is 9.36. The van der Waals surface area contributed by atoms with Gasteiger partial charge < -0.3 is 10.6 Å². The quantitative estimate of drug-likeness (QED) is 0.876. The maximum atomic E-state index is 11.5. The van der Waals surface area contributed by atoms with Crippen LogP contribution in [0.5, 0.6) is 0 Å². The first-order chi connectivity index (χ1) is 8.15. The third-order valence-electron chi connectivity index (χ3n) is 2.65. The maximum absolute atomic E-state index is 11.5. The summed E-state index contributed by atoms with van der Waals surface area (Å²) in [6.07, 6.45) is 2.48. The van der Waals surface area contributed by atoms with Crippen LogP contribution in [0.4, 0.5) is 5.69 Å². The highest BCUT2D eigenvalue weighted by atomic mass is 79.9. The van der Waals surface area contributed by atoms with Gasteiger partial charge in [-0.2, -0.15) is 0 Å². The molecule has 0 saturated heterocycles. The van der Waals surface area contributed by atoms with Crippen molar-refractivity contribution < 1.29 is 4.79 Å². The highest BCUT2D eigenvalue weighted by Gasteiger charge is 2.21. The van der Waals surface area contributed by atoms with Crippen molar-refractivity contribution >= 4 is 39.1 Å². The molecule has 5 heteroatoms. The third kappa shape index (κ3) is 4.21. The lowest BCUT2D eigenvalue weighted by atomic mass is 10.3. The largest absolute Gasteiger partial charge is 0.375 e. The zero-order valence-corrected chi connectivity index (χ0v) is 11.6. The van der Waals surface area contributed by atoms with Gasteiger partial charge in [-0.25, -0.2) is 0 Å². The van der Waals surface area contributed by atoms with Gasteiger partial charge in [0, 0.05) is 11.0 Å². The van der Waals surface area contributed by atoms with Crippen LogP contribution in [-0.4, -0.2) is 19.0 Å². The van der Waals surface area contributed by atoms with Crippen LogP contribution in [0.3, 0.4) is 0 Å². The van der Waals surface area contributed by atoms with Gasteiger partial charge in [0.05, 0.1) is 17.3 Å². The van der Waals surface area contributed by atoms with Crippen molar-refractivity contribution in [1.82, 2.24) is 5.32 Å². The summed E-state index contributed by atoms with van der Waals surface area (Å²) in [6, 6.07) is 5.51. The van der Waals surface area contributed by atoms with E-state index in [4.69, 9.17) is 11.6 Å². The summed E-state index contributed by atoms with van der Waals surface area (Å²) < 4.78 is 0.933. The molecule has 17 heavy (non-hydrogen) atoms. The predicted molar refractivity (Wildman–Crippen MR) is 73.4 cm³/mol. The summed E-state index contributed by atoms with van der Waals surface area (Å²) in [5, 5.41) is 6.53. The molecule has 3 nitrogen and oxygen atoms in total. The van der Waals surface area contributed by atoms with Crippen LogP contribution >= 0.6 is 27.5 Å². The second-order valence-corrected chi connectivity index (χ2v) is 5.55.